The minimum Gasteiger partial charge on any atom is -0.381 e. The quantitative estimate of drug-likeness (QED) is 0.792. The first-order valence-electron chi connectivity index (χ1n) is 9.76. The van der Waals surface area contributed by atoms with Crippen LogP contribution in [0.3, 0.4) is 0 Å². The molecule has 1 fully saturated rings. The number of hydrogen-bond donors (Lipinski definition) is 0. The van der Waals surface area contributed by atoms with Crippen LogP contribution in [-0.4, -0.2) is 44.6 Å². The Bertz CT molecular complexity index is 952. The highest BCUT2D eigenvalue weighted by molar-refractivity contribution is 7.93. The van der Waals surface area contributed by atoms with E-state index in [-0.39, 0.29) is 11.8 Å². The van der Waals surface area contributed by atoms with Gasteiger partial charge in [0.25, 0.3) is 0 Å². The van der Waals surface area contributed by atoms with Gasteiger partial charge in [-0.15, -0.1) is 0 Å². The van der Waals surface area contributed by atoms with Gasteiger partial charge < -0.3 is 9.64 Å². The molecule has 4 rings (SSSR count). The first-order chi connectivity index (χ1) is 13.5. The standard InChI is InChI=1S/C22H25NO4S/c1-16(28(25,26)18-11-13-27-14-12-18)22(24)23-15-20(17-7-3-2-4-8-17)19-9-5-6-10-21(19)23/h2-10,16,18,20H,11-15H2,1H3. The van der Waals surface area contributed by atoms with Crippen LogP contribution in [0, 0.1) is 0 Å². The van der Waals surface area contributed by atoms with Gasteiger partial charge in [-0.05, 0) is 37.0 Å². The number of ether oxygens (including phenoxy) is 1. The fourth-order valence-corrected chi connectivity index (χ4v) is 6.07. The van der Waals surface area contributed by atoms with E-state index in [9.17, 15) is 13.2 Å². The zero-order valence-electron chi connectivity index (χ0n) is 16.0. The minimum atomic E-state index is -3.55. The Labute approximate surface area is 166 Å². The summed E-state index contributed by atoms with van der Waals surface area (Å²) in [5, 5.41) is -1.55. The van der Waals surface area contributed by atoms with Gasteiger partial charge in [0, 0.05) is 31.4 Å². The molecule has 2 aliphatic heterocycles. The van der Waals surface area contributed by atoms with E-state index in [4.69, 9.17) is 4.74 Å². The maximum atomic E-state index is 13.3. The molecule has 1 amide bonds. The van der Waals surface area contributed by atoms with E-state index in [0.717, 1.165) is 16.8 Å². The minimum absolute atomic E-state index is 0.0549. The summed E-state index contributed by atoms with van der Waals surface area (Å²) < 4.78 is 31.4. The van der Waals surface area contributed by atoms with E-state index in [1.54, 1.807) is 4.90 Å². The average molecular weight is 400 g/mol. The van der Waals surface area contributed by atoms with E-state index in [0.29, 0.717) is 32.6 Å². The van der Waals surface area contributed by atoms with Crippen LogP contribution in [0.2, 0.25) is 0 Å². The van der Waals surface area contributed by atoms with Crippen molar-refractivity contribution in [1.82, 2.24) is 0 Å². The van der Waals surface area contributed by atoms with Crippen LogP contribution in [0.25, 0.3) is 0 Å². The number of carbonyl (C=O) groups excluding carboxylic acids is 1. The van der Waals surface area contributed by atoms with Crippen molar-refractivity contribution in [1.29, 1.82) is 0 Å². The molecule has 148 valence electrons. The number of benzene rings is 2. The Hall–Kier alpha value is -2.18. The lowest BCUT2D eigenvalue weighted by Crippen LogP contribution is -2.45. The van der Waals surface area contributed by atoms with Crippen molar-refractivity contribution in [2.24, 2.45) is 0 Å². The Morgan fingerprint density at radius 3 is 2.39 bits per heavy atom. The number of para-hydroxylation sites is 1. The Kier molecular flexibility index (Phi) is 5.25. The van der Waals surface area contributed by atoms with Crippen LogP contribution < -0.4 is 4.90 Å². The van der Waals surface area contributed by atoms with Gasteiger partial charge in [-0.3, -0.25) is 4.79 Å². The molecule has 2 aromatic rings. The van der Waals surface area contributed by atoms with Gasteiger partial charge in [0.2, 0.25) is 5.91 Å². The van der Waals surface area contributed by atoms with Crippen LogP contribution in [0.4, 0.5) is 5.69 Å². The smallest absolute Gasteiger partial charge is 0.245 e. The number of rotatable bonds is 4. The van der Waals surface area contributed by atoms with Gasteiger partial charge in [-0.1, -0.05) is 48.5 Å². The molecule has 28 heavy (non-hydrogen) atoms. The monoisotopic (exact) mass is 399 g/mol. The number of hydrogen-bond acceptors (Lipinski definition) is 4. The lowest BCUT2D eigenvalue weighted by molar-refractivity contribution is -0.117. The van der Waals surface area contributed by atoms with Crippen LogP contribution in [-0.2, 0) is 19.4 Å². The molecule has 2 unspecified atom stereocenters. The second-order valence-electron chi connectivity index (χ2n) is 7.51. The predicted molar refractivity (Wildman–Crippen MR) is 109 cm³/mol. The molecule has 0 spiro atoms. The summed E-state index contributed by atoms with van der Waals surface area (Å²) in [6.45, 7) is 2.88. The van der Waals surface area contributed by atoms with Crippen LogP contribution in [0.5, 0.6) is 0 Å². The second-order valence-corrected chi connectivity index (χ2v) is 10.1. The van der Waals surface area contributed by atoms with E-state index < -0.39 is 20.3 Å². The van der Waals surface area contributed by atoms with Crippen molar-refractivity contribution < 1.29 is 17.9 Å². The van der Waals surface area contributed by atoms with Crippen molar-refractivity contribution in [3.63, 3.8) is 0 Å². The molecule has 0 aliphatic carbocycles. The van der Waals surface area contributed by atoms with Gasteiger partial charge in [0.05, 0.1) is 5.25 Å². The summed E-state index contributed by atoms with van der Waals surface area (Å²) in [5.74, 6) is -0.281. The van der Waals surface area contributed by atoms with Crippen LogP contribution >= 0.6 is 0 Å². The number of sulfone groups is 1. The number of anilines is 1. The SMILES string of the molecule is CC(C(=O)N1CC(c2ccccc2)c2ccccc21)S(=O)(=O)C1CCOCC1. The van der Waals surface area contributed by atoms with Crippen molar-refractivity contribution in [2.75, 3.05) is 24.7 Å². The lowest BCUT2D eigenvalue weighted by Gasteiger charge is -2.27. The zero-order valence-corrected chi connectivity index (χ0v) is 16.8. The number of amides is 1. The molecule has 2 aliphatic rings. The summed E-state index contributed by atoms with van der Waals surface area (Å²) in [6.07, 6.45) is 0.923. The molecule has 5 nitrogen and oxygen atoms in total. The Balaban J connectivity index is 1.63. The van der Waals surface area contributed by atoms with Gasteiger partial charge >= 0.3 is 0 Å². The normalized spacial score (nSPS) is 21.3. The predicted octanol–water partition coefficient (Wildman–Crippen LogP) is 3.15. The van der Waals surface area contributed by atoms with Gasteiger partial charge in [0.15, 0.2) is 9.84 Å². The molecule has 0 bridgehead atoms. The van der Waals surface area contributed by atoms with Crippen molar-refractivity contribution in [3.05, 3.63) is 65.7 Å². The molecule has 2 heterocycles. The number of nitrogens with zero attached hydrogens (tertiary/aromatic N) is 1. The van der Waals surface area contributed by atoms with Gasteiger partial charge in [0.1, 0.15) is 5.25 Å². The highest BCUT2D eigenvalue weighted by Gasteiger charge is 2.42. The molecule has 0 N–H and O–H groups in total. The summed E-state index contributed by atoms with van der Waals surface area (Å²) in [4.78, 5) is 15.0. The lowest BCUT2D eigenvalue weighted by atomic mass is 9.93. The van der Waals surface area contributed by atoms with Crippen LogP contribution in [0.15, 0.2) is 54.6 Å². The number of carbonyl (C=O) groups is 1. The third kappa shape index (κ3) is 3.35. The van der Waals surface area contributed by atoms with E-state index in [2.05, 4.69) is 12.1 Å². The maximum absolute atomic E-state index is 13.3. The summed E-state index contributed by atoms with van der Waals surface area (Å²) >= 11 is 0. The molecular formula is C22H25NO4S. The largest absolute Gasteiger partial charge is 0.381 e. The molecular weight excluding hydrogens is 374 g/mol. The Morgan fingerprint density at radius 2 is 1.68 bits per heavy atom. The molecule has 0 aromatic heterocycles. The van der Waals surface area contributed by atoms with Gasteiger partial charge in [-0.25, -0.2) is 8.42 Å². The highest BCUT2D eigenvalue weighted by atomic mass is 32.2. The molecule has 2 aromatic carbocycles. The summed E-state index contributed by atoms with van der Waals surface area (Å²) in [5.41, 5.74) is 3.01. The molecule has 6 heteroatoms. The molecule has 0 saturated carbocycles. The fourth-order valence-electron chi connectivity index (χ4n) is 4.24. The first-order valence-corrected chi connectivity index (χ1v) is 11.4. The highest BCUT2D eigenvalue weighted by Crippen LogP contribution is 2.40. The van der Waals surface area contributed by atoms with Gasteiger partial charge in [-0.2, -0.15) is 0 Å². The van der Waals surface area contributed by atoms with Crippen molar-refractivity contribution in [2.45, 2.75) is 36.2 Å². The number of fused-ring (bicyclic) bond motifs is 1. The van der Waals surface area contributed by atoms with E-state index in [1.165, 1.54) is 6.92 Å². The van der Waals surface area contributed by atoms with E-state index >= 15 is 0 Å². The van der Waals surface area contributed by atoms with Crippen molar-refractivity contribution in [3.8, 4) is 0 Å². The molecule has 2 atom stereocenters. The average Bonchev–Trinajstić information content (AvgIpc) is 3.13. The zero-order chi connectivity index (χ0) is 19.7. The first kappa shape index (κ1) is 19.2. The third-order valence-corrected chi connectivity index (χ3v) is 8.50. The topological polar surface area (TPSA) is 63.7 Å². The fraction of sp³-hybridized carbons (Fsp3) is 0.409. The van der Waals surface area contributed by atoms with Crippen molar-refractivity contribution >= 4 is 21.4 Å². The summed E-state index contributed by atoms with van der Waals surface area (Å²) in [6, 6.07) is 17.8. The third-order valence-electron chi connectivity index (χ3n) is 5.91. The molecule has 0 radical (unpaired) electrons. The van der Waals surface area contributed by atoms with E-state index in [1.807, 2.05) is 42.5 Å². The second kappa shape index (κ2) is 7.68. The Morgan fingerprint density at radius 1 is 1.04 bits per heavy atom. The van der Waals surface area contributed by atoms with Crippen LogP contribution in [0.1, 0.15) is 36.8 Å². The maximum Gasteiger partial charge on any atom is 0.245 e. The molecule has 1 saturated heterocycles. The summed E-state index contributed by atoms with van der Waals surface area (Å²) in [7, 11) is -3.55.